The molecule has 0 aliphatic carbocycles. The summed E-state index contributed by atoms with van der Waals surface area (Å²) in [6.07, 6.45) is 2.61. The van der Waals surface area contributed by atoms with Gasteiger partial charge in [0.15, 0.2) is 5.82 Å². The number of rotatable bonds is 6. The summed E-state index contributed by atoms with van der Waals surface area (Å²) in [5.41, 5.74) is 0. The van der Waals surface area contributed by atoms with Crippen molar-refractivity contribution in [2.24, 2.45) is 5.92 Å². The topological polar surface area (TPSA) is 54.2 Å². The Morgan fingerprint density at radius 2 is 2.15 bits per heavy atom. The number of hydrogen-bond donors (Lipinski definition) is 1. The second kappa shape index (κ2) is 7.18. The van der Waals surface area contributed by atoms with Crippen LogP contribution >= 0.6 is 0 Å². The molecule has 0 saturated carbocycles. The van der Waals surface area contributed by atoms with Gasteiger partial charge in [-0.25, -0.2) is 0 Å². The Morgan fingerprint density at radius 1 is 1.35 bits per heavy atom. The molecule has 1 aromatic rings. The van der Waals surface area contributed by atoms with Crippen LogP contribution in [0.2, 0.25) is 0 Å². The van der Waals surface area contributed by atoms with Crippen LogP contribution in [0.5, 0.6) is 0 Å². The predicted molar refractivity (Wildman–Crippen MR) is 79.5 cm³/mol. The normalized spacial score (nSPS) is 20.2. The van der Waals surface area contributed by atoms with E-state index in [4.69, 9.17) is 4.52 Å². The molecule has 1 saturated heterocycles. The molecular weight excluding hydrogens is 252 g/mol. The molecule has 1 N–H and O–H groups in total. The van der Waals surface area contributed by atoms with Gasteiger partial charge in [0.2, 0.25) is 5.89 Å². The van der Waals surface area contributed by atoms with Crippen molar-refractivity contribution in [1.82, 2.24) is 20.4 Å². The van der Waals surface area contributed by atoms with Gasteiger partial charge in [-0.05, 0) is 45.7 Å². The van der Waals surface area contributed by atoms with Gasteiger partial charge < -0.3 is 9.84 Å². The van der Waals surface area contributed by atoms with Gasteiger partial charge in [0.25, 0.3) is 0 Å². The molecule has 0 spiro atoms. The zero-order valence-electron chi connectivity index (χ0n) is 13.2. The third-order valence-electron chi connectivity index (χ3n) is 3.94. The minimum Gasteiger partial charge on any atom is -0.339 e. The molecule has 1 fully saturated rings. The van der Waals surface area contributed by atoms with Crippen LogP contribution in [0.4, 0.5) is 0 Å². The van der Waals surface area contributed by atoms with E-state index in [0.29, 0.717) is 12.0 Å². The fourth-order valence-corrected chi connectivity index (χ4v) is 2.62. The molecule has 1 aliphatic rings. The standard InChI is InChI=1S/C15H28N4O/c1-11(2)15-17-14(18-20-15)10-19(12(3)4)9-13-6-5-7-16-8-13/h11-13,16H,5-10H2,1-4H3. The third-order valence-corrected chi connectivity index (χ3v) is 3.94. The molecule has 0 amide bonds. The molecular formula is C15H28N4O. The van der Waals surface area contributed by atoms with E-state index < -0.39 is 0 Å². The quantitative estimate of drug-likeness (QED) is 0.867. The van der Waals surface area contributed by atoms with E-state index in [1.807, 2.05) is 0 Å². The third kappa shape index (κ3) is 4.28. The number of piperidine rings is 1. The molecule has 1 aliphatic heterocycles. The summed E-state index contributed by atoms with van der Waals surface area (Å²) in [5.74, 6) is 2.59. The minimum atomic E-state index is 0.297. The van der Waals surface area contributed by atoms with Gasteiger partial charge in [-0.3, -0.25) is 4.90 Å². The fourth-order valence-electron chi connectivity index (χ4n) is 2.62. The van der Waals surface area contributed by atoms with Crippen molar-refractivity contribution in [2.75, 3.05) is 19.6 Å². The molecule has 5 nitrogen and oxygen atoms in total. The molecule has 114 valence electrons. The lowest BCUT2D eigenvalue weighted by molar-refractivity contribution is 0.158. The van der Waals surface area contributed by atoms with E-state index in [9.17, 15) is 0 Å². The number of aromatic nitrogens is 2. The highest BCUT2D eigenvalue weighted by Gasteiger charge is 2.21. The molecule has 0 radical (unpaired) electrons. The average Bonchev–Trinajstić information content (AvgIpc) is 2.88. The van der Waals surface area contributed by atoms with Crippen molar-refractivity contribution in [3.8, 4) is 0 Å². The first-order chi connectivity index (χ1) is 9.56. The van der Waals surface area contributed by atoms with Crippen molar-refractivity contribution < 1.29 is 4.52 Å². The lowest BCUT2D eigenvalue weighted by Crippen LogP contribution is -2.41. The van der Waals surface area contributed by atoms with Gasteiger partial charge in [-0.15, -0.1) is 0 Å². The first-order valence-corrected chi connectivity index (χ1v) is 7.83. The zero-order chi connectivity index (χ0) is 14.5. The molecule has 1 atom stereocenters. The van der Waals surface area contributed by atoms with Gasteiger partial charge in [0, 0.05) is 18.5 Å². The van der Waals surface area contributed by atoms with Gasteiger partial charge >= 0.3 is 0 Å². The number of hydrogen-bond acceptors (Lipinski definition) is 5. The Morgan fingerprint density at radius 3 is 2.70 bits per heavy atom. The maximum absolute atomic E-state index is 5.30. The van der Waals surface area contributed by atoms with Crippen LogP contribution in [0, 0.1) is 5.92 Å². The van der Waals surface area contributed by atoms with E-state index in [1.165, 1.54) is 19.4 Å². The first-order valence-electron chi connectivity index (χ1n) is 7.83. The van der Waals surface area contributed by atoms with Crippen LogP contribution in [0.3, 0.4) is 0 Å². The van der Waals surface area contributed by atoms with Crippen LogP contribution in [0.25, 0.3) is 0 Å². The van der Waals surface area contributed by atoms with Crippen LogP contribution in [-0.4, -0.2) is 40.7 Å². The molecule has 1 aromatic heterocycles. The van der Waals surface area contributed by atoms with Crippen molar-refractivity contribution >= 4 is 0 Å². The summed E-state index contributed by atoms with van der Waals surface area (Å²) in [6, 6.07) is 0.498. The van der Waals surface area contributed by atoms with Gasteiger partial charge in [0.1, 0.15) is 0 Å². The maximum atomic E-state index is 5.30. The van der Waals surface area contributed by atoms with Crippen LogP contribution < -0.4 is 5.32 Å². The minimum absolute atomic E-state index is 0.297. The summed E-state index contributed by atoms with van der Waals surface area (Å²) >= 11 is 0. The lowest BCUT2D eigenvalue weighted by Gasteiger charge is -2.31. The van der Waals surface area contributed by atoms with Crippen molar-refractivity contribution in [1.29, 1.82) is 0 Å². The monoisotopic (exact) mass is 280 g/mol. The van der Waals surface area contributed by atoms with E-state index in [-0.39, 0.29) is 0 Å². The van der Waals surface area contributed by atoms with Crippen LogP contribution in [-0.2, 0) is 6.54 Å². The molecule has 5 heteroatoms. The Labute approximate surface area is 122 Å². The largest absolute Gasteiger partial charge is 0.339 e. The molecule has 1 unspecified atom stereocenters. The van der Waals surface area contributed by atoms with E-state index in [2.05, 4.69) is 48.1 Å². The van der Waals surface area contributed by atoms with Gasteiger partial charge in [-0.2, -0.15) is 4.98 Å². The fraction of sp³-hybridized carbons (Fsp3) is 0.867. The zero-order valence-corrected chi connectivity index (χ0v) is 13.2. The second-order valence-corrected chi connectivity index (χ2v) is 6.44. The van der Waals surface area contributed by atoms with E-state index in [1.54, 1.807) is 0 Å². The lowest BCUT2D eigenvalue weighted by atomic mass is 9.98. The van der Waals surface area contributed by atoms with Crippen molar-refractivity contribution in [2.45, 2.75) is 59.0 Å². The molecule has 0 aromatic carbocycles. The molecule has 20 heavy (non-hydrogen) atoms. The van der Waals surface area contributed by atoms with E-state index >= 15 is 0 Å². The summed E-state index contributed by atoms with van der Waals surface area (Å²) < 4.78 is 5.30. The Kier molecular flexibility index (Phi) is 5.54. The van der Waals surface area contributed by atoms with Crippen LogP contribution in [0.1, 0.15) is 58.2 Å². The van der Waals surface area contributed by atoms with Gasteiger partial charge in [-0.1, -0.05) is 19.0 Å². The molecule has 2 rings (SSSR count). The summed E-state index contributed by atoms with van der Waals surface area (Å²) in [5, 5.41) is 7.59. The number of nitrogens with one attached hydrogen (secondary N) is 1. The highest BCUT2D eigenvalue weighted by Crippen LogP contribution is 2.16. The summed E-state index contributed by atoms with van der Waals surface area (Å²) in [6.45, 7) is 12.8. The highest BCUT2D eigenvalue weighted by atomic mass is 16.5. The Balaban J connectivity index is 1.93. The summed E-state index contributed by atoms with van der Waals surface area (Å²) in [7, 11) is 0. The average molecular weight is 280 g/mol. The summed E-state index contributed by atoms with van der Waals surface area (Å²) in [4.78, 5) is 6.94. The smallest absolute Gasteiger partial charge is 0.229 e. The maximum Gasteiger partial charge on any atom is 0.229 e. The van der Waals surface area contributed by atoms with E-state index in [0.717, 1.165) is 37.3 Å². The van der Waals surface area contributed by atoms with Gasteiger partial charge in [0.05, 0.1) is 6.54 Å². The Bertz CT molecular complexity index is 396. The highest BCUT2D eigenvalue weighted by molar-refractivity contribution is 4.91. The molecule has 0 bridgehead atoms. The SMILES string of the molecule is CC(C)c1nc(CN(CC2CCCNC2)C(C)C)no1. The Hall–Kier alpha value is -0.940. The second-order valence-electron chi connectivity index (χ2n) is 6.44. The van der Waals surface area contributed by atoms with Crippen molar-refractivity contribution in [3.05, 3.63) is 11.7 Å². The predicted octanol–water partition coefficient (Wildman–Crippen LogP) is 2.40. The first kappa shape index (κ1) is 15.4. The molecule has 2 heterocycles. The van der Waals surface area contributed by atoms with Crippen molar-refractivity contribution in [3.63, 3.8) is 0 Å². The number of nitrogens with zero attached hydrogens (tertiary/aromatic N) is 3. The van der Waals surface area contributed by atoms with Crippen LogP contribution in [0.15, 0.2) is 4.52 Å².